The molecule has 0 aliphatic rings. The Morgan fingerprint density at radius 2 is 1.72 bits per heavy atom. The highest BCUT2D eigenvalue weighted by molar-refractivity contribution is 7.87. The lowest BCUT2D eigenvalue weighted by Crippen LogP contribution is -2.30. The van der Waals surface area contributed by atoms with Crippen molar-refractivity contribution in [3.63, 3.8) is 0 Å². The summed E-state index contributed by atoms with van der Waals surface area (Å²) in [6, 6.07) is 23.8. The highest BCUT2D eigenvalue weighted by Crippen LogP contribution is 2.22. The van der Waals surface area contributed by atoms with E-state index in [0.29, 0.717) is 11.3 Å². The fourth-order valence-corrected chi connectivity index (χ4v) is 3.93. The van der Waals surface area contributed by atoms with Crippen LogP contribution in [0.2, 0.25) is 0 Å². The number of amides is 1. The Morgan fingerprint density at radius 3 is 2.47 bits per heavy atom. The van der Waals surface area contributed by atoms with Crippen LogP contribution in [0.5, 0.6) is 5.75 Å². The van der Waals surface area contributed by atoms with E-state index in [2.05, 4.69) is 0 Å². The van der Waals surface area contributed by atoms with Crippen LogP contribution in [-0.2, 0) is 23.2 Å². The van der Waals surface area contributed by atoms with Crippen molar-refractivity contribution < 1.29 is 21.8 Å². The zero-order valence-corrected chi connectivity index (χ0v) is 18.4. The molecule has 3 aromatic carbocycles. The minimum Gasteiger partial charge on any atom is -0.467 e. The molecular formula is C25H23NO5S. The molecule has 0 spiro atoms. The molecule has 1 aromatic heterocycles. The zero-order valence-electron chi connectivity index (χ0n) is 17.6. The van der Waals surface area contributed by atoms with Crippen LogP contribution in [0.25, 0.3) is 10.8 Å². The summed E-state index contributed by atoms with van der Waals surface area (Å²) in [5.74, 6) is 0.600. The number of furan rings is 1. The predicted molar refractivity (Wildman–Crippen MR) is 123 cm³/mol. The molecule has 0 aliphatic carbocycles. The van der Waals surface area contributed by atoms with Gasteiger partial charge in [0.25, 0.3) is 5.91 Å². The third-order valence-electron chi connectivity index (χ3n) is 5.06. The number of nitrogens with zero attached hydrogens (tertiary/aromatic N) is 1. The Balaban J connectivity index is 1.62. The van der Waals surface area contributed by atoms with Crippen LogP contribution in [0.3, 0.4) is 0 Å². The summed E-state index contributed by atoms with van der Waals surface area (Å²) in [5.41, 5.74) is 1.31. The van der Waals surface area contributed by atoms with E-state index in [1.165, 1.54) is 6.92 Å². The molecule has 0 fully saturated rings. The Labute approximate surface area is 187 Å². The van der Waals surface area contributed by atoms with E-state index >= 15 is 0 Å². The molecule has 6 nitrogen and oxygen atoms in total. The number of carbonyl (C=O) groups is 1. The van der Waals surface area contributed by atoms with E-state index < -0.39 is 10.1 Å². The van der Waals surface area contributed by atoms with Gasteiger partial charge in [-0.1, -0.05) is 42.5 Å². The summed E-state index contributed by atoms with van der Waals surface area (Å²) in [4.78, 5) is 15.1. The van der Waals surface area contributed by atoms with E-state index in [9.17, 15) is 13.2 Å². The Hall–Kier alpha value is -3.58. The van der Waals surface area contributed by atoms with Gasteiger partial charge in [-0.15, -0.1) is 0 Å². The van der Waals surface area contributed by atoms with Gasteiger partial charge < -0.3 is 13.5 Å². The van der Waals surface area contributed by atoms with Crippen molar-refractivity contribution in [2.75, 3.05) is 5.75 Å². The minimum absolute atomic E-state index is 0.123. The molecule has 0 saturated carbocycles. The largest absolute Gasteiger partial charge is 0.467 e. The maximum absolute atomic E-state index is 13.4. The lowest BCUT2D eigenvalue weighted by atomic mass is 10.1. The Kier molecular flexibility index (Phi) is 6.28. The van der Waals surface area contributed by atoms with E-state index in [1.54, 1.807) is 35.4 Å². The van der Waals surface area contributed by atoms with Crippen molar-refractivity contribution in [3.05, 3.63) is 102 Å². The maximum Gasteiger partial charge on any atom is 0.308 e. The predicted octanol–water partition coefficient (Wildman–Crippen LogP) is 5.00. The molecule has 0 bridgehead atoms. The molecule has 7 heteroatoms. The normalized spacial score (nSPS) is 11.4. The SMILES string of the molecule is CCS(=O)(=O)Oc1cccc(CN(Cc2ccco2)C(=O)c2ccc3ccccc3c2)c1. The molecule has 0 saturated heterocycles. The second-order valence-electron chi connectivity index (χ2n) is 7.38. The molecule has 4 rings (SSSR count). The lowest BCUT2D eigenvalue weighted by molar-refractivity contribution is 0.0717. The summed E-state index contributed by atoms with van der Waals surface area (Å²) in [7, 11) is -3.63. The highest BCUT2D eigenvalue weighted by atomic mass is 32.2. The first-order valence-corrected chi connectivity index (χ1v) is 11.8. The van der Waals surface area contributed by atoms with Crippen LogP contribution in [0.15, 0.2) is 89.5 Å². The number of hydrogen-bond donors (Lipinski definition) is 0. The van der Waals surface area contributed by atoms with Gasteiger partial charge in [0, 0.05) is 12.1 Å². The Bertz CT molecular complexity index is 1330. The lowest BCUT2D eigenvalue weighted by Gasteiger charge is -2.22. The van der Waals surface area contributed by atoms with E-state index in [0.717, 1.165) is 16.3 Å². The molecule has 0 atom stereocenters. The second kappa shape index (κ2) is 9.28. The second-order valence-corrected chi connectivity index (χ2v) is 9.24. The quantitative estimate of drug-likeness (QED) is 0.354. The molecule has 4 aromatic rings. The van der Waals surface area contributed by atoms with Gasteiger partial charge in [0.1, 0.15) is 11.5 Å². The molecule has 0 N–H and O–H groups in total. The van der Waals surface area contributed by atoms with Crippen LogP contribution in [0.4, 0.5) is 0 Å². The molecule has 0 unspecified atom stereocenters. The van der Waals surface area contributed by atoms with E-state index in [-0.39, 0.29) is 30.5 Å². The molecule has 1 amide bonds. The van der Waals surface area contributed by atoms with Gasteiger partial charge in [0.2, 0.25) is 0 Å². The van der Waals surface area contributed by atoms with Crippen LogP contribution >= 0.6 is 0 Å². The molecular weight excluding hydrogens is 426 g/mol. The van der Waals surface area contributed by atoms with Crippen molar-refractivity contribution in [1.29, 1.82) is 0 Å². The maximum atomic E-state index is 13.4. The third kappa shape index (κ3) is 5.18. The van der Waals surface area contributed by atoms with Gasteiger partial charge in [-0.2, -0.15) is 8.42 Å². The molecule has 164 valence electrons. The molecule has 0 aliphatic heterocycles. The van der Waals surface area contributed by atoms with Gasteiger partial charge in [-0.25, -0.2) is 0 Å². The van der Waals surface area contributed by atoms with Gasteiger partial charge in [0.05, 0.1) is 18.6 Å². The first kappa shape index (κ1) is 21.6. The van der Waals surface area contributed by atoms with E-state index in [4.69, 9.17) is 8.60 Å². The van der Waals surface area contributed by atoms with Gasteiger partial charge in [-0.05, 0) is 59.7 Å². The zero-order chi connectivity index (χ0) is 22.6. The van der Waals surface area contributed by atoms with Gasteiger partial charge in [-0.3, -0.25) is 4.79 Å². The van der Waals surface area contributed by atoms with Crippen molar-refractivity contribution in [2.24, 2.45) is 0 Å². The molecule has 0 radical (unpaired) electrons. The summed E-state index contributed by atoms with van der Waals surface area (Å²) in [6.07, 6.45) is 1.57. The average Bonchev–Trinajstić information content (AvgIpc) is 3.31. The monoisotopic (exact) mass is 449 g/mol. The first-order valence-electron chi connectivity index (χ1n) is 10.2. The number of rotatable bonds is 8. The number of benzene rings is 3. The minimum atomic E-state index is -3.63. The fraction of sp³-hybridized carbons (Fsp3) is 0.160. The fourth-order valence-electron chi connectivity index (χ4n) is 3.42. The van der Waals surface area contributed by atoms with Crippen molar-refractivity contribution in [2.45, 2.75) is 20.0 Å². The van der Waals surface area contributed by atoms with Crippen molar-refractivity contribution in [1.82, 2.24) is 4.90 Å². The van der Waals surface area contributed by atoms with Crippen LogP contribution in [0.1, 0.15) is 28.6 Å². The number of hydrogen-bond acceptors (Lipinski definition) is 5. The highest BCUT2D eigenvalue weighted by Gasteiger charge is 2.19. The summed E-state index contributed by atoms with van der Waals surface area (Å²) in [6.45, 7) is 2.05. The van der Waals surface area contributed by atoms with Gasteiger partial charge in [0.15, 0.2) is 0 Å². The van der Waals surface area contributed by atoms with Crippen LogP contribution in [0, 0.1) is 0 Å². The van der Waals surface area contributed by atoms with Gasteiger partial charge >= 0.3 is 10.1 Å². The standard InChI is InChI=1S/C25H23NO5S/c1-2-32(28,29)31-23-10-5-7-19(15-23)17-26(18-24-11-6-14-30-24)25(27)22-13-12-20-8-3-4-9-21(20)16-22/h3-16H,2,17-18H2,1H3. The summed E-state index contributed by atoms with van der Waals surface area (Å²) >= 11 is 0. The van der Waals surface area contributed by atoms with Crippen LogP contribution < -0.4 is 4.18 Å². The topological polar surface area (TPSA) is 76.8 Å². The summed E-state index contributed by atoms with van der Waals surface area (Å²) in [5, 5.41) is 2.04. The van der Waals surface area contributed by atoms with E-state index in [1.807, 2.05) is 54.6 Å². The first-order chi connectivity index (χ1) is 15.4. The Morgan fingerprint density at radius 1 is 0.906 bits per heavy atom. The third-order valence-corrected chi connectivity index (χ3v) is 6.21. The van der Waals surface area contributed by atoms with Crippen LogP contribution in [-0.4, -0.2) is 25.0 Å². The molecule has 1 heterocycles. The van der Waals surface area contributed by atoms with Crippen molar-refractivity contribution in [3.8, 4) is 5.75 Å². The average molecular weight is 450 g/mol. The molecule has 32 heavy (non-hydrogen) atoms. The summed E-state index contributed by atoms with van der Waals surface area (Å²) < 4.78 is 34.2. The number of fused-ring (bicyclic) bond motifs is 1. The number of carbonyl (C=O) groups excluding carboxylic acids is 1. The smallest absolute Gasteiger partial charge is 0.308 e. The van der Waals surface area contributed by atoms with Crippen molar-refractivity contribution >= 4 is 26.8 Å².